The molecular weight excluding hydrogens is 400 g/mol. The van der Waals surface area contributed by atoms with E-state index in [1.165, 1.54) is 23.6 Å². The van der Waals surface area contributed by atoms with Crippen molar-refractivity contribution in [3.63, 3.8) is 0 Å². The van der Waals surface area contributed by atoms with E-state index < -0.39 is 40.5 Å². The molecule has 0 saturated heterocycles. The van der Waals surface area contributed by atoms with E-state index in [4.69, 9.17) is 4.74 Å². The Kier molecular flexibility index (Phi) is 5.50. The SMILES string of the molecule is CC(N=C1NS(=O)(=O)c2ccccc21)C(=O)OCC(=O)NC(=O)c1cccn1C. The lowest BCUT2D eigenvalue weighted by Gasteiger charge is -2.09. The molecule has 1 aliphatic rings. The number of fused-ring (bicyclic) bond motifs is 1. The number of nitrogens with zero attached hydrogens (tertiary/aromatic N) is 2. The smallest absolute Gasteiger partial charge is 0.331 e. The molecule has 2 heterocycles. The molecule has 1 aliphatic heterocycles. The van der Waals surface area contributed by atoms with Gasteiger partial charge in [-0.15, -0.1) is 0 Å². The van der Waals surface area contributed by atoms with Crippen LogP contribution in [0.15, 0.2) is 52.5 Å². The first-order valence-electron chi connectivity index (χ1n) is 8.51. The number of imide groups is 1. The molecule has 0 saturated carbocycles. The third-order valence-corrected chi connectivity index (χ3v) is 5.50. The van der Waals surface area contributed by atoms with Gasteiger partial charge in [0.2, 0.25) is 0 Å². The maximum absolute atomic E-state index is 12.1. The number of hydrogen-bond donors (Lipinski definition) is 2. The van der Waals surface area contributed by atoms with Crippen LogP contribution >= 0.6 is 0 Å². The highest BCUT2D eigenvalue weighted by Gasteiger charge is 2.31. The van der Waals surface area contributed by atoms with Gasteiger partial charge >= 0.3 is 5.97 Å². The van der Waals surface area contributed by atoms with E-state index in [1.807, 2.05) is 0 Å². The zero-order valence-corrected chi connectivity index (χ0v) is 16.4. The van der Waals surface area contributed by atoms with Gasteiger partial charge in [0.25, 0.3) is 21.8 Å². The molecule has 1 aromatic heterocycles. The highest BCUT2D eigenvalue weighted by atomic mass is 32.2. The van der Waals surface area contributed by atoms with E-state index in [-0.39, 0.29) is 16.4 Å². The van der Waals surface area contributed by atoms with Crippen LogP contribution in [0.1, 0.15) is 23.0 Å². The van der Waals surface area contributed by atoms with Crippen LogP contribution in [0, 0.1) is 0 Å². The number of carbonyl (C=O) groups is 3. The maximum atomic E-state index is 12.1. The molecule has 1 aromatic carbocycles. The van der Waals surface area contributed by atoms with E-state index in [1.54, 1.807) is 37.5 Å². The lowest BCUT2D eigenvalue weighted by atomic mass is 10.2. The van der Waals surface area contributed by atoms with Crippen LogP contribution < -0.4 is 10.0 Å². The summed E-state index contributed by atoms with van der Waals surface area (Å²) in [5, 5.41) is 2.11. The van der Waals surface area contributed by atoms with Gasteiger partial charge in [-0.1, -0.05) is 12.1 Å². The van der Waals surface area contributed by atoms with Crippen molar-refractivity contribution < 1.29 is 27.5 Å². The van der Waals surface area contributed by atoms with Crippen molar-refractivity contribution >= 4 is 33.6 Å². The van der Waals surface area contributed by atoms with Crippen molar-refractivity contribution in [2.45, 2.75) is 17.9 Å². The Balaban J connectivity index is 1.59. The first-order chi connectivity index (χ1) is 13.7. The van der Waals surface area contributed by atoms with Crippen molar-refractivity contribution in [1.29, 1.82) is 0 Å². The number of amidine groups is 1. The summed E-state index contributed by atoms with van der Waals surface area (Å²) in [4.78, 5) is 40.0. The minimum atomic E-state index is -3.73. The summed E-state index contributed by atoms with van der Waals surface area (Å²) in [6, 6.07) is 8.32. The number of hydrogen-bond acceptors (Lipinski definition) is 7. The topological polar surface area (TPSA) is 136 Å². The monoisotopic (exact) mass is 418 g/mol. The predicted octanol–water partition coefficient (Wildman–Crippen LogP) is -0.0481. The minimum absolute atomic E-state index is 0.0217. The van der Waals surface area contributed by atoms with E-state index in [0.717, 1.165) is 0 Å². The molecule has 2 amide bonds. The number of aryl methyl sites for hydroxylation is 1. The van der Waals surface area contributed by atoms with Crippen LogP contribution in [0.3, 0.4) is 0 Å². The van der Waals surface area contributed by atoms with Crippen LogP contribution in [-0.2, 0) is 31.4 Å². The third-order valence-electron chi connectivity index (χ3n) is 4.10. The Bertz CT molecular complexity index is 1120. The molecule has 1 unspecified atom stereocenters. The van der Waals surface area contributed by atoms with Gasteiger partial charge in [0.05, 0.1) is 4.90 Å². The Labute approximate surface area is 166 Å². The molecule has 3 rings (SSSR count). The molecule has 2 aromatic rings. The fraction of sp³-hybridized carbons (Fsp3) is 0.222. The maximum Gasteiger partial charge on any atom is 0.331 e. The number of sulfonamides is 1. The van der Waals surface area contributed by atoms with E-state index in [2.05, 4.69) is 15.0 Å². The van der Waals surface area contributed by atoms with Crippen LogP contribution in [0.2, 0.25) is 0 Å². The van der Waals surface area contributed by atoms with Gasteiger partial charge in [-0.05, 0) is 31.2 Å². The van der Waals surface area contributed by atoms with Crippen molar-refractivity contribution in [3.8, 4) is 0 Å². The zero-order valence-electron chi connectivity index (χ0n) is 15.6. The number of rotatable bonds is 5. The second kappa shape index (κ2) is 7.87. The highest BCUT2D eigenvalue weighted by molar-refractivity contribution is 7.90. The standard InChI is InChI=1S/C18H18N4O6S/c1-11(19-16-12-6-3-4-8-14(12)29(26,27)21-16)18(25)28-10-15(23)20-17(24)13-7-5-9-22(13)2/h3-9,11H,10H2,1-2H3,(H,19,21)(H,20,23,24). The summed E-state index contributed by atoms with van der Waals surface area (Å²) in [6.07, 6.45) is 1.65. The van der Waals surface area contributed by atoms with Crippen LogP contribution in [0.5, 0.6) is 0 Å². The van der Waals surface area contributed by atoms with E-state index >= 15 is 0 Å². The molecule has 11 heteroatoms. The van der Waals surface area contributed by atoms with Gasteiger partial charge < -0.3 is 9.30 Å². The molecule has 10 nitrogen and oxygen atoms in total. The normalized spacial score (nSPS) is 16.6. The first kappa shape index (κ1) is 20.3. The molecule has 0 spiro atoms. The van der Waals surface area contributed by atoms with Gasteiger partial charge in [0.15, 0.2) is 6.61 Å². The average Bonchev–Trinajstić information content (AvgIpc) is 3.21. The largest absolute Gasteiger partial charge is 0.454 e. The fourth-order valence-corrected chi connectivity index (χ4v) is 3.90. The van der Waals surface area contributed by atoms with Crippen LogP contribution in [-0.4, -0.2) is 49.3 Å². The third kappa shape index (κ3) is 4.35. The summed E-state index contributed by atoms with van der Waals surface area (Å²) in [5.41, 5.74) is 0.620. The quantitative estimate of drug-likeness (QED) is 0.654. The second-order valence-corrected chi connectivity index (χ2v) is 7.90. The Hall–Kier alpha value is -3.47. The number of carbonyl (C=O) groups excluding carboxylic acids is 3. The number of benzene rings is 1. The number of ether oxygens (including phenoxy) is 1. The minimum Gasteiger partial charge on any atom is -0.454 e. The molecule has 152 valence electrons. The number of aliphatic imine (C=N–C) groups is 1. The van der Waals surface area contributed by atoms with Gasteiger partial charge in [-0.25, -0.2) is 13.2 Å². The lowest BCUT2D eigenvalue weighted by Crippen LogP contribution is -2.36. The van der Waals surface area contributed by atoms with Crippen molar-refractivity contribution in [1.82, 2.24) is 14.6 Å². The van der Waals surface area contributed by atoms with Crippen LogP contribution in [0.25, 0.3) is 0 Å². The predicted molar refractivity (Wildman–Crippen MR) is 102 cm³/mol. The van der Waals surface area contributed by atoms with Crippen LogP contribution in [0.4, 0.5) is 0 Å². The number of aromatic nitrogens is 1. The summed E-state index contributed by atoms with van der Waals surface area (Å²) in [6.45, 7) is 0.726. The summed E-state index contributed by atoms with van der Waals surface area (Å²) < 4.78 is 32.8. The summed E-state index contributed by atoms with van der Waals surface area (Å²) >= 11 is 0. The number of nitrogens with one attached hydrogen (secondary N) is 2. The Morgan fingerprint density at radius 3 is 2.62 bits per heavy atom. The molecular formula is C18H18N4O6S. The Morgan fingerprint density at radius 2 is 1.93 bits per heavy atom. The molecule has 0 fully saturated rings. The van der Waals surface area contributed by atoms with E-state index in [9.17, 15) is 22.8 Å². The van der Waals surface area contributed by atoms with Crippen molar-refractivity contribution in [2.75, 3.05) is 6.61 Å². The van der Waals surface area contributed by atoms with Gasteiger partial charge in [0, 0.05) is 18.8 Å². The molecule has 0 bridgehead atoms. The molecule has 0 aliphatic carbocycles. The second-order valence-electron chi connectivity index (χ2n) is 6.24. The van der Waals surface area contributed by atoms with Gasteiger partial charge in [-0.2, -0.15) is 0 Å². The first-order valence-corrected chi connectivity index (χ1v) is 9.99. The van der Waals surface area contributed by atoms with E-state index in [0.29, 0.717) is 5.56 Å². The van der Waals surface area contributed by atoms with Gasteiger partial charge in [-0.3, -0.25) is 24.6 Å². The number of amides is 2. The summed E-state index contributed by atoms with van der Waals surface area (Å²) in [5.74, 6) is -2.24. The highest BCUT2D eigenvalue weighted by Crippen LogP contribution is 2.22. The fourth-order valence-electron chi connectivity index (χ4n) is 2.66. The molecule has 2 N–H and O–H groups in total. The molecule has 1 atom stereocenters. The molecule has 0 radical (unpaired) electrons. The summed E-state index contributed by atoms with van der Waals surface area (Å²) in [7, 11) is -2.08. The molecule has 29 heavy (non-hydrogen) atoms. The zero-order chi connectivity index (χ0) is 21.2. The van der Waals surface area contributed by atoms with Crippen molar-refractivity contribution in [2.24, 2.45) is 12.0 Å². The van der Waals surface area contributed by atoms with Crippen molar-refractivity contribution in [3.05, 3.63) is 53.9 Å². The lowest BCUT2D eigenvalue weighted by molar-refractivity contribution is -0.149. The van der Waals surface area contributed by atoms with Gasteiger partial charge in [0.1, 0.15) is 17.6 Å². The number of esters is 1. The Morgan fingerprint density at radius 1 is 1.21 bits per heavy atom. The average molecular weight is 418 g/mol.